The molecule has 3 aliphatic heterocycles. The van der Waals surface area contributed by atoms with E-state index in [4.69, 9.17) is 23.7 Å². The summed E-state index contributed by atoms with van der Waals surface area (Å²) in [5.41, 5.74) is 4.63. The SMILES string of the molecule is COc1ccc2c(c1OC)C(C1C=C(C)C(=O)O1)N(C)c1c-2ccc2cc3c(cc12)OCO3. The van der Waals surface area contributed by atoms with E-state index in [1.165, 1.54) is 0 Å². The van der Waals surface area contributed by atoms with Crippen LogP contribution in [-0.4, -0.2) is 40.1 Å². The second-order valence-corrected chi connectivity index (χ2v) is 8.43. The summed E-state index contributed by atoms with van der Waals surface area (Å²) in [7, 11) is 5.27. The summed E-state index contributed by atoms with van der Waals surface area (Å²) in [4.78, 5) is 14.5. The number of hydrogen-bond donors (Lipinski definition) is 0. The van der Waals surface area contributed by atoms with Gasteiger partial charge in [0.1, 0.15) is 6.10 Å². The van der Waals surface area contributed by atoms with Gasteiger partial charge in [0.15, 0.2) is 23.0 Å². The van der Waals surface area contributed by atoms with Crippen molar-refractivity contribution in [1.82, 2.24) is 0 Å². The lowest BCUT2D eigenvalue weighted by Crippen LogP contribution is -2.37. The number of likely N-dealkylation sites (N-methyl/N-ethyl adjacent to an activating group) is 1. The first-order valence-electron chi connectivity index (χ1n) is 10.8. The van der Waals surface area contributed by atoms with E-state index in [1.807, 2.05) is 37.4 Å². The highest BCUT2D eigenvalue weighted by Crippen LogP contribution is 2.55. The average Bonchev–Trinajstić information content (AvgIpc) is 3.41. The molecule has 0 aliphatic carbocycles. The molecule has 3 aromatic rings. The first-order valence-corrected chi connectivity index (χ1v) is 10.8. The van der Waals surface area contributed by atoms with Gasteiger partial charge in [0.25, 0.3) is 0 Å². The number of cyclic esters (lactones) is 1. The van der Waals surface area contributed by atoms with Crippen molar-refractivity contribution in [2.75, 3.05) is 33.0 Å². The van der Waals surface area contributed by atoms with E-state index in [0.717, 1.165) is 44.6 Å². The van der Waals surface area contributed by atoms with Crippen LogP contribution in [0.4, 0.5) is 5.69 Å². The van der Waals surface area contributed by atoms with Crippen LogP contribution in [0.15, 0.2) is 48.0 Å². The maximum Gasteiger partial charge on any atom is 0.334 e. The number of rotatable bonds is 3. The number of benzene rings is 3. The largest absolute Gasteiger partial charge is 0.493 e. The molecule has 0 amide bonds. The zero-order chi connectivity index (χ0) is 22.9. The zero-order valence-electron chi connectivity index (χ0n) is 18.8. The number of ether oxygens (including phenoxy) is 5. The lowest BCUT2D eigenvalue weighted by molar-refractivity contribution is -0.140. The van der Waals surface area contributed by atoms with Gasteiger partial charge in [0.05, 0.1) is 25.9 Å². The second kappa shape index (κ2) is 7.07. The molecule has 3 aromatic carbocycles. The molecule has 0 bridgehead atoms. The van der Waals surface area contributed by atoms with Crippen molar-refractivity contribution in [3.8, 4) is 34.1 Å². The Bertz CT molecular complexity index is 1360. The molecule has 168 valence electrons. The first-order chi connectivity index (χ1) is 16.0. The van der Waals surface area contributed by atoms with Crippen LogP contribution in [0.2, 0.25) is 0 Å². The number of anilines is 1. The molecule has 2 unspecified atom stereocenters. The summed E-state index contributed by atoms with van der Waals surface area (Å²) in [5, 5.41) is 2.08. The highest BCUT2D eigenvalue weighted by molar-refractivity contribution is 6.06. The van der Waals surface area contributed by atoms with Crippen molar-refractivity contribution >= 4 is 22.4 Å². The van der Waals surface area contributed by atoms with Crippen LogP contribution < -0.4 is 23.8 Å². The van der Waals surface area contributed by atoms with Gasteiger partial charge in [0, 0.05) is 29.1 Å². The van der Waals surface area contributed by atoms with Crippen LogP contribution in [0.3, 0.4) is 0 Å². The maximum atomic E-state index is 12.3. The summed E-state index contributed by atoms with van der Waals surface area (Å²) in [6.45, 7) is 1.99. The van der Waals surface area contributed by atoms with Crippen molar-refractivity contribution < 1.29 is 28.5 Å². The molecule has 0 fully saturated rings. The molecule has 0 saturated heterocycles. The third kappa shape index (κ3) is 2.71. The van der Waals surface area contributed by atoms with Crippen molar-refractivity contribution in [1.29, 1.82) is 0 Å². The van der Waals surface area contributed by atoms with Crippen LogP contribution >= 0.6 is 0 Å². The first kappa shape index (κ1) is 19.8. The molecule has 0 radical (unpaired) electrons. The fraction of sp³-hybridized carbons (Fsp3) is 0.269. The number of hydrogen-bond acceptors (Lipinski definition) is 7. The third-order valence-electron chi connectivity index (χ3n) is 6.71. The van der Waals surface area contributed by atoms with E-state index in [1.54, 1.807) is 21.1 Å². The summed E-state index contributed by atoms with van der Waals surface area (Å²) in [5.74, 6) is 2.43. The molecule has 3 heterocycles. The van der Waals surface area contributed by atoms with Crippen molar-refractivity contribution in [2.24, 2.45) is 0 Å². The molecule has 0 N–H and O–H groups in total. The van der Waals surface area contributed by atoms with Gasteiger partial charge in [-0.3, -0.25) is 0 Å². The molecular formula is C26H23NO6. The van der Waals surface area contributed by atoms with E-state index in [9.17, 15) is 4.79 Å². The van der Waals surface area contributed by atoms with Gasteiger partial charge in [-0.15, -0.1) is 0 Å². The maximum absolute atomic E-state index is 12.3. The predicted octanol–water partition coefficient (Wildman–Crippen LogP) is 4.62. The highest BCUT2D eigenvalue weighted by atomic mass is 16.7. The minimum Gasteiger partial charge on any atom is -0.493 e. The fourth-order valence-corrected chi connectivity index (χ4v) is 5.21. The summed E-state index contributed by atoms with van der Waals surface area (Å²) in [6.07, 6.45) is 1.41. The number of carbonyl (C=O) groups is 1. The van der Waals surface area contributed by atoms with Gasteiger partial charge in [-0.25, -0.2) is 4.79 Å². The summed E-state index contributed by atoms with van der Waals surface area (Å²) in [6, 6.07) is 11.9. The van der Waals surface area contributed by atoms with E-state index in [2.05, 4.69) is 17.0 Å². The molecule has 0 spiro atoms. The van der Waals surface area contributed by atoms with Crippen LogP contribution in [0, 0.1) is 0 Å². The van der Waals surface area contributed by atoms with Gasteiger partial charge in [0.2, 0.25) is 6.79 Å². The van der Waals surface area contributed by atoms with E-state index in [-0.39, 0.29) is 18.8 Å². The van der Waals surface area contributed by atoms with Crippen molar-refractivity contribution in [3.05, 3.63) is 53.6 Å². The smallest absolute Gasteiger partial charge is 0.334 e. The quantitative estimate of drug-likeness (QED) is 0.545. The Hall–Kier alpha value is -3.87. The van der Waals surface area contributed by atoms with E-state index in [0.29, 0.717) is 17.1 Å². The van der Waals surface area contributed by atoms with Gasteiger partial charge in [-0.1, -0.05) is 12.1 Å². The predicted molar refractivity (Wildman–Crippen MR) is 123 cm³/mol. The fourth-order valence-electron chi connectivity index (χ4n) is 5.21. The van der Waals surface area contributed by atoms with Gasteiger partial charge >= 0.3 is 5.97 Å². The second-order valence-electron chi connectivity index (χ2n) is 8.43. The number of methoxy groups -OCH3 is 2. The monoisotopic (exact) mass is 445 g/mol. The summed E-state index contributed by atoms with van der Waals surface area (Å²) >= 11 is 0. The number of carbonyl (C=O) groups excluding carboxylic acids is 1. The lowest BCUT2D eigenvalue weighted by atomic mass is 9.83. The van der Waals surface area contributed by atoms with Crippen LogP contribution in [0.1, 0.15) is 18.5 Å². The van der Waals surface area contributed by atoms with E-state index < -0.39 is 6.10 Å². The molecule has 3 aliphatic rings. The molecule has 33 heavy (non-hydrogen) atoms. The van der Waals surface area contributed by atoms with E-state index >= 15 is 0 Å². The zero-order valence-corrected chi connectivity index (χ0v) is 18.8. The van der Waals surface area contributed by atoms with Crippen LogP contribution in [0.25, 0.3) is 21.9 Å². The van der Waals surface area contributed by atoms with Crippen LogP contribution in [-0.2, 0) is 9.53 Å². The molecule has 6 rings (SSSR count). The Kier molecular flexibility index (Phi) is 4.24. The Morgan fingerprint density at radius 3 is 2.45 bits per heavy atom. The topological polar surface area (TPSA) is 66.5 Å². The minimum atomic E-state index is -0.473. The van der Waals surface area contributed by atoms with Crippen molar-refractivity contribution in [3.63, 3.8) is 0 Å². The normalized spacial score (nSPS) is 20.3. The molecule has 0 saturated carbocycles. The van der Waals surface area contributed by atoms with Gasteiger partial charge in [-0.2, -0.15) is 0 Å². The Morgan fingerprint density at radius 1 is 1.00 bits per heavy atom. The van der Waals surface area contributed by atoms with Crippen molar-refractivity contribution in [2.45, 2.75) is 19.1 Å². The standard InChI is InChI=1S/C26H23NO6/c1-13-9-21(33-26(13)28)24-22-15(7-8-18(29-3)25(22)30-4)16-6-5-14-10-19-20(32-12-31-19)11-17(14)23(16)27(24)2/h5-11,21,24H,12H2,1-4H3. The summed E-state index contributed by atoms with van der Waals surface area (Å²) < 4.78 is 28.5. The molecular weight excluding hydrogens is 422 g/mol. The third-order valence-corrected chi connectivity index (χ3v) is 6.71. The van der Waals surface area contributed by atoms with Gasteiger partial charge < -0.3 is 28.6 Å². The molecule has 7 nitrogen and oxygen atoms in total. The van der Waals surface area contributed by atoms with Gasteiger partial charge in [-0.05, 0) is 48.2 Å². The Labute approximate surface area is 191 Å². The number of nitrogens with zero attached hydrogens (tertiary/aromatic N) is 1. The molecule has 0 aromatic heterocycles. The lowest BCUT2D eigenvalue weighted by Gasteiger charge is -2.41. The molecule has 7 heteroatoms. The highest BCUT2D eigenvalue weighted by Gasteiger charge is 2.42. The Morgan fingerprint density at radius 2 is 1.76 bits per heavy atom. The van der Waals surface area contributed by atoms with Crippen LogP contribution in [0.5, 0.6) is 23.0 Å². The Balaban J connectivity index is 1.66. The molecule has 2 atom stereocenters. The minimum absolute atomic E-state index is 0.217. The number of fused-ring (bicyclic) bond motifs is 6. The average molecular weight is 445 g/mol. The number of esters is 1.